The van der Waals surface area contributed by atoms with E-state index in [0.29, 0.717) is 5.75 Å². The molecule has 2 rings (SSSR count). The van der Waals surface area contributed by atoms with Crippen LogP contribution in [0.5, 0.6) is 11.5 Å². The number of hydrazone groups is 1. The number of sulfonamides is 1. The van der Waals surface area contributed by atoms with Crippen molar-refractivity contribution in [1.29, 1.82) is 0 Å². The van der Waals surface area contributed by atoms with E-state index in [9.17, 15) is 13.2 Å². The molecule has 30 heavy (non-hydrogen) atoms. The number of nitrogens with zero attached hydrogens (tertiary/aromatic N) is 3. The molecule has 0 saturated carbocycles. The minimum atomic E-state index is -3.99. The number of hydrogen-bond acceptors (Lipinski definition) is 7. The summed E-state index contributed by atoms with van der Waals surface area (Å²) in [6.07, 6.45) is 1.48. The van der Waals surface area contributed by atoms with Gasteiger partial charge in [-0.1, -0.05) is 12.1 Å². The summed E-state index contributed by atoms with van der Waals surface area (Å²) in [5, 5.41) is 3.88. The molecular formula is C20H26N4O5S. The summed E-state index contributed by atoms with van der Waals surface area (Å²) in [7, 11) is 3.99. The molecule has 1 N–H and O–H groups in total. The second-order valence-corrected chi connectivity index (χ2v) is 8.57. The first-order valence-electron chi connectivity index (χ1n) is 8.96. The van der Waals surface area contributed by atoms with Crippen molar-refractivity contribution < 1.29 is 22.7 Å². The first-order valence-corrected chi connectivity index (χ1v) is 10.4. The number of ether oxygens (including phenoxy) is 2. The Kier molecular flexibility index (Phi) is 7.79. The van der Waals surface area contributed by atoms with Crippen molar-refractivity contribution in [2.24, 2.45) is 5.10 Å². The zero-order valence-corrected chi connectivity index (χ0v) is 18.4. The third-order valence-corrected chi connectivity index (χ3v) is 6.06. The van der Waals surface area contributed by atoms with E-state index < -0.39 is 22.5 Å². The van der Waals surface area contributed by atoms with Gasteiger partial charge in [0.2, 0.25) is 10.0 Å². The van der Waals surface area contributed by atoms with Crippen molar-refractivity contribution in [1.82, 2.24) is 9.73 Å². The number of rotatable bonds is 9. The Bertz CT molecular complexity index is 1000. The molecule has 0 aliphatic carbocycles. The second kappa shape index (κ2) is 10.1. The lowest BCUT2D eigenvalue weighted by atomic mass is 10.2. The number of amides is 1. The van der Waals surface area contributed by atoms with Gasteiger partial charge in [-0.25, -0.2) is 13.8 Å². The quantitative estimate of drug-likeness (QED) is 0.475. The molecule has 162 valence electrons. The normalized spacial score (nSPS) is 11.5. The van der Waals surface area contributed by atoms with E-state index in [-0.39, 0.29) is 10.6 Å². The van der Waals surface area contributed by atoms with E-state index in [2.05, 4.69) is 10.5 Å². The number of benzene rings is 2. The lowest BCUT2D eigenvalue weighted by Crippen LogP contribution is -2.36. The highest BCUT2D eigenvalue weighted by Gasteiger charge is 2.27. The van der Waals surface area contributed by atoms with E-state index in [4.69, 9.17) is 9.47 Å². The van der Waals surface area contributed by atoms with Crippen molar-refractivity contribution in [2.45, 2.75) is 4.90 Å². The summed E-state index contributed by atoms with van der Waals surface area (Å²) in [5.41, 5.74) is 4.16. The third kappa shape index (κ3) is 5.71. The van der Waals surface area contributed by atoms with Gasteiger partial charge in [-0.3, -0.25) is 4.79 Å². The van der Waals surface area contributed by atoms with Crippen LogP contribution >= 0.6 is 0 Å². The van der Waals surface area contributed by atoms with Crippen LogP contribution in [0.15, 0.2) is 52.5 Å². The maximum absolute atomic E-state index is 12.9. The predicted octanol–water partition coefficient (Wildman–Crippen LogP) is 1.54. The van der Waals surface area contributed by atoms with Crippen LogP contribution in [0.4, 0.5) is 5.69 Å². The van der Waals surface area contributed by atoms with Crippen molar-refractivity contribution in [2.75, 3.05) is 46.8 Å². The Morgan fingerprint density at radius 2 is 1.73 bits per heavy atom. The van der Waals surface area contributed by atoms with Crippen molar-refractivity contribution >= 4 is 27.8 Å². The van der Waals surface area contributed by atoms with E-state index >= 15 is 0 Å². The number of carbonyl (C=O) groups is 1. The number of hydrogen-bond donors (Lipinski definition) is 1. The smallest absolute Gasteiger partial charge is 0.255 e. The number of likely N-dealkylation sites (N-methyl/N-ethyl adjacent to an activating group) is 1. The molecule has 0 atom stereocenters. The Balaban J connectivity index is 2.04. The van der Waals surface area contributed by atoms with Crippen molar-refractivity contribution in [3.8, 4) is 11.5 Å². The monoisotopic (exact) mass is 434 g/mol. The summed E-state index contributed by atoms with van der Waals surface area (Å²) in [5.74, 6) is -0.0662. The summed E-state index contributed by atoms with van der Waals surface area (Å²) >= 11 is 0. The molecule has 0 unspecified atom stereocenters. The van der Waals surface area contributed by atoms with Crippen LogP contribution in [0.25, 0.3) is 0 Å². The minimum absolute atomic E-state index is 0.0934. The average molecular weight is 435 g/mol. The Morgan fingerprint density at radius 1 is 1.07 bits per heavy atom. The molecule has 0 heterocycles. The molecule has 0 bridgehead atoms. The molecule has 10 heteroatoms. The van der Waals surface area contributed by atoms with Gasteiger partial charge in [-0.15, -0.1) is 0 Å². The highest BCUT2D eigenvalue weighted by molar-refractivity contribution is 7.89. The lowest BCUT2D eigenvalue weighted by Gasteiger charge is -2.18. The van der Waals surface area contributed by atoms with Gasteiger partial charge in [0.25, 0.3) is 5.91 Å². The highest BCUT2D eigenvalue weighted by atomic mass is 32.2. The average Bonchev–Trinajstić information content (AvgIpc) is 2.73. The van der Waals surface area contributed by atoms with Gasteiger partial charge in [0.15, 0.2) is 0 Å². The highest BCUT2D eigenvalue weighted by Crippen LogP contribution is 2.30. The van der Waals surface area contributed by atoms with Crippen LogP contribution in [-0.4, -0.2) is 66.8 Å². The van der Waals surface area contributed by atoms with E-state index in [1.807, 2.05) is 43.3 Å². The van der Waals surface area contributed by atoms with Gasteiger partial charge in [0.1, 0.15) is 16.4 Å². The van der Waals surface area contributed by atoms with E-state index in [1.54, 1.807) is 6.07 Å². The fraction of sp³-hybridized carbons (Fsp3) is 0.300. The molecule has 0 spiro atoms. The van der Waals surface area contributed by atoms with Crippen molar-refractivity contribution in [3.63, 3.8) is 0 Å². The first-order chi connectivity index (χ1) is 14.2. The molecule has 0 aromatic heterocycles. The number of anilines is 1. The molecule has 0 aliphatic rings. The maximum Gasteiger partial charge on any atom is 0.255 e. The van der Waals surface area contributed by atoms with Gasteiger partial charge >= 0.3 is 0 Å². The first kappa shape index (κ1) is 23.2. The summed E-state index contributed by atoms with van der Waals surface area (Å²) < 4.78 is 36.9. The standard InChI is InChI=1S/C20H26N4O5S/c1-23(2)16-8-6-15(7-9-16)13-21-22-20(25)14-24(3)30(26,27)19-12-17(28-4)10-11-18(19)29-5/h6-13H,14H2,1-5H3,(H,22,25)/b21-13-. The fourth-order valence-corrected chi connectivity index (χ4v) is 3.81. The second-order valence-electron chi connectivity index (χ2n) is 6.56. The number of methoxy groups -OCH3 is 2. The SMILES string of the molecule is COc1ccc(OC)c(S(=O)(=O)N(C)CC(=O)N/N=C\c2ccc(N(C)C)cc2)c1. The zero-order chi connectivity index (χ0) is 22.3. The zero-order valence-electron chi connectivity index (χ0n) is 17.6. The van der Waals surface area contributed by atoms with Crippen LogP contribution < -0.4 is 19.8 Å². The molecule has 9 nitrogen and oxygen atoms in total. The fourth-order valence-electron chi connectivity index (χ4n) is 2.51. The maximum atomic E-state index is 12.9. The summed E-state index contributed by atoms with van der Waals surface area (Å²) in [6.45, 7) is -0.417. The molecular weight excluding hydrogens is 408 g/mol. The molecule has 2 aromatic carbocycles. The van der Waals surface area contributed by atoms with Crippen LogP contribution in [0.3, 0.4) is 0 Å². The van der Waals surface area contributed by atoms with Crippen LogP contribution in [0.2, 0.25) is 0 Å². The largest absolute Gasteiger partial charge is 0.497 e. The van der Waals surface area contributed by atoms with Gasteiger partial charge in [0, 0.05) is 32.9 Å². The molecule has 0 fully saturated rings. The van der Waals surface area contributed by atoms with Gasteiger partial charge in [-0.05, 0) is 29.8 Å². The number of nitrogens with one attached hydrogen (secondary N) is 1. The molecule has 0 saturated heterocycles. The molecule has 1 amide bonds. The van der Waals surface area contributed by atoms with Gasteiger partial charge in [-0.2, -0.15) is 9.41 Å². The Hall–Kier alpha value is -3.11. The Morgan fingerprint density at radius 3 is 2.30 bits per heavy atom. The van der Waals surface area contributed by atoms with Gasteiger partial charge in [0.05, 0.1) is 27.0 Å². The predicted molar refractivity (Wildman–Crippen MR) is 116 cm³/mol. The lowest BCUT2D eigenvalue weighted by molar-refractivity contribution is -0.121. The van der Waals surface area contributed by atoms with E-state index in [1.165, 1.54) is 39.6 Å². The van der Waals surface area contributed by atoms with Crippen LogP contribution in [0, 0.1) is 0 Å². The topological polar surface area (TPSA) is 101 Å². The van der Waals surface area contributed by atoms with Crippen molar-refractivity contribution in [3.05, 3.63) is 48.0 Å². The van der Waals surface area contributed by atoms with Gasteiger partial charge < -0.3 is 14.4 Å². The van der Waals surface area contributed by atoms with Crippen LogP contribution in [-0.2, 0) is 14.8 Å². The summed E-state index contributed by atoms with van der Waals surface area (Å²) in [4.78, 5) is 14.0. The molecule has 0 radical (unpaired) electrons. The minimum Gasteiger partial charge on any atom is -0.497 e. The number of carbonyl (C=O) groups excluding carboxylic acids is 1. The summed E-state index contributed by atoms with van der Waals surface area (Å²) in [6, 6.07) is 12.0. The van der Waals surface area contributed by atoms with E-state index in [0.717, 1.165) is 15.6 Å². The molecule has 2 aromatic rings. The molecule has 0 aliphatic heterocycles. The Labute approximate surface area is 176 Å². The van der Waals surface area contributed by atoms with Crippen LogP contribution in [0.1, 0.15) is 5.56 Å². The third-order valence-electron chi connectivity index (χ3n) is 4.24.